The molecule has 1 unspecified atom stereocenters. The van der Waals surface area contributed by atoms with E-state index in [-0.39, 0.29) is 0 Å². The van der Waals surface area contributed by atoms with Gasteiger partial charge in [0.2, 0.25) is 0 Å². The van der Waals surface area contributed by atoms with E-state index < -0.39 is 12.4 Å². The lowest BCUT2D eigenvalue weighted by Crippen LogP contribution is -2.27. The van der Waals surface area contributed by atoms with Gasteiger partial charge in [-0.05, 0) is 26.8 Å². The van der Waals surface area contributed by atoms with Crippen molar-refractivity contribution in [2.75, 3.05) is 13.2 Å². The Morgan fingerprint density at radius 2 is 1.94 bits per heavy atom. The summed E-state index contributed by atoms with van der Waals surface area (Å²) < 4.78 is 12.4. The Hall–Kier alpha value is -0.910. The maximum Gasteiger partial charge on any atom is 0.189 e. The summed E-state index contributed by atoms with van der Waals surface area (Å²) in [6, 6.07) is 1.78. The predicted molar refractivity (Wildman–Crippen MR) is 59.9 cm³/mol. The van der Waals surface area contributed by atoms with Crippen molar-refractivity contribution >= 4 is 0 Å². The van der Waals surface area contributed by atoms with Gasteiger partial charge >= 0.3 is 0 Å². The molecule has 5 heteroatoms. The molecule has 1 aromatic rings. The van der Waals surface area contributed by atoms with E-state index in [0.717, 1.165) is 5.69 Å². The average Bonchev–Trinajstić information content (AvgIpc) is 2.75. The van der Waals surface area contributed by atoms with Crippen LogP contribution in [0, 0.1) is 0 Å². The van der Waals surface area contributed by atoms with Crippen LogP contribution in [0.5, 0.6) is 0 Å². The quantitative estimate of drug-likeness (QED) is 0.715. The molecule has 0 radical (unpaired) electrons. The third kappa shape index (κ3) is 3.04. The van der Waals surface area contributed by atoms with Gasteiger partial charge in [-0.25, -0.2) is 0 Å². The van der Waals surface area contributed by atoms with Crippen molar-refractivity contribution in [3.8, 4) is 0 Å². The minimum atomic E-state index is -0.803. The number of hydrogen-bond acceptors (Lipinski definition) is 4. The maximum absolute atomic E-state index is 10.1. The Labute approximate surface area is 96.0 Å². The highest BCUT2D eigenvalue weighted by atomic mass is 16.7. The summed E-state index contributed by atoms with van der Waals surface area (Å²) in [6.45, 7) is 7.43. The Morgan fingerprint density at radius 3 is 2.44 bits per heavy atom. The molecule has 0 spiro atoms. The smallest absolute Gasteiger partial charge is 0.189 e. The Bertz CT molecular complexity index is 295. The van der Waals surface area contributed by atoms with Crippen molar-refractivity contribution in [3.05, 3.63) is 18.0 Å². The van der Waals surface area contributed by atoms with Gasteiger partial charge in [0.25, 0.3) is 0 Å². The molecule has 0 saturated carbocycles. The third-order valence-electron chi connectivity index (χ3n) is 2.27. The number of aliphatic hydroxyl groups is 1. The summed E-state index contributed by atoms with van der Waals surface area (Å²) in [6.07, 6.45) is 0.233. The number of nitrogens with zero attached hydrogens (tertiary/aromatic N) is 2. The highest BCUT2D eigenvalue weighted by Crippen LogP contribution is 2.19. The minimum Gasteiger partial charge on any atom is -0.381 e. The van der Waals surface area contributed by atoms with E-state index in [1.165, 1.54) is 0 Å². The van der Waals surface area contributed by atoms with E-state index in [2.05, 4.69) is 5.10 Å². The molecule has 1 aromatic heterocycles. The molecule has 1 rings (SSSR count). The Kier molecular flexibility index (Phi) is 5.45. The average molecular weight is 228 g/mol. The fraction of sp³-hybridized carbons (Fsp3) is 0.727. The molecule has 0 saturated heterocycles. The number of aryl methyl sites for hydroxylation is 1. The molecule has 1 atom stereocenters. The van der Waals surface area contributed by atoms with Crippen LogP contribution in [0.25, 0.3) is 0 Å². The molecule has 0 aliphatic heterocycles. The van der Waals surface area contributed by atoms with Gasteiger partial charge in [-0.3, -0.25) is 4.68 Å². The molecule has 1 N–H and O–H groups in total. The van der Waals surface area contributed by atoms with Crippen molar-refractivity contribution in [1.29, 1.82) is 0 Å². The minimum absolute atomic E-state index is 0.502. The molecule has 5 nitrogen and oxygen atoms in total. The van der Waals surface area contributed by atoms with Crippen LogP contribution in [0.4, 0.5) is 0 Å². The molecule has 1 heterocycles. The van der Waals surface area contributed by atoms with Gasteiger partial charge in [-0.15, -0.1) is 0 Å². The first-order valence-electron chi connectivity index (χ1n) is 5.67. The van der Waals surface area contributed by atoms with Crippen LogP contribution < -0.4 is 0 Å². The highest BCUT2D eigenvalue weighted by Gasteiger charge is 2.24. The summed E-state index contributed by atoms with van der Waals surface area (Å²) in [7, 11) is 0. The summed E-state index contributed by atoms with van der Waals surface area (Å²) >= 11 is 0. The third-order valence-corrected chi connectivity index (χ3v) is 2.27. The second-order valence-corrected chi connectivity index (χ2v) is 3.30. The first kappa shape index (κ1) is 13.2. The highest BCUT2D eigenvalue weighted by molar-refractivity contribution is 5.05. The van der Waals surface area contributed by atoms with Gasteiger partial charge in [-0.1, -0.05) is 0 Å². The van der Waals surface area contributed by atoms with E-state index in [9.17, 15) is 5.11 Å². The van der Waals surface area contributed by atoms with Gasteiger partial charge < -0.3 is 14.6 Å². The monoisotopic (exact) mass is 228 g/mol. The number of aliphatic hydroxyl groups excluding tert-OH is 1. The lowest BCUT2D eigenvalue weighted by atomic mass is 10.2. The fourth-order valence-electron chi connectivity index (χ4n) is 1.56. The lowest BCUT2D eigenvalue weighted by molar-refractivity contribution is -0.193. The van der Waals surface area contributed by atoms with Crippen LogP contribution in [0.15, 0.2) is 12.3 Å². The van der Waals surface area contributed by atoms with Crippen LogP contribution in [0.2, 0.25) is 0 Å². The van der Waals surface area contributed by atoms with E-state index >= 15 is 0 Å². The summed E-state index contributed by atoms with van der Waals surface area (Å²) in [4.78, 5) is 0. The number of aromatic nitrogens is 2. The van der Waals surface area contributed by atoms with E-state index in [1.807, 2.05) is 20.8 Å². The van der Waals surface area contributed by atoms with Gasteiger partial charge in [0.15, 0.2) is 6.29 Å². The van der Waals surface area contributed by atoms with Crippen molar-refractivity contribution < 1.29 is 14.6 Å². The predicted octanol–water partition coefficient (Wildman–Crippen LogP) is 1.34. The number of rotatable bonds is 7. The van der Waals surface area contributed by atoms with Crippen LogP contribution >= 0.6 is 0 Å². The Morgan fingerprint density at radius 1 is 1.31 bits per heavy atom. The van der Waals surface area contributed by atoms with Crippen LogP contribution in [0.3, 0.4) is 0 Å². The fourth-order valence-corrected chi connectivity index (χ4v) is 1.56. The summed E-state index contributed by atoms with van der Waals surface area (Å²) in [5, 5.41) is 14.2. The van der Waals surface area contributed by atoms with Gasteiger partial charge in [-0.2, -0.15) is 5.10 Å². The zero-order valence-electron chi connectivity index (χ0n) is 10.1. The molecular weight excluding hydrogens is 208 g/mol. The van der Waals surface area contributed by atoms with Gasteiger partial charge in [0.1, 0.15) is 6.10 Å². The lowest BCUT2D eigenvalue weighted by Gasteiger charge is -2.22. The molecule has 0 fully saturated rings. The number of ether oxygens (including phenoxy) is 2. The van der Waals surface area contributed by atoms with Crippen molar-refractivity contribution in [1.82, 2.24) is 9.78 Å². The molecular formula is C11H20N2O3. The van der Waals surface area contributed by atoms with Crippen LogP contribution in [-0.2, 0) is 16.0 Å². The second-order valence-electron chi connectivity index (χ2n) is 3.30. The summed E-state index contributed by atoms with van der Waals surface area (Å²) in [5.41, 5.74) is 0.717. The topological polar surface area (TPSA) is 56.5 Å². The second kappa shape index (κ2) is 6.62. The molecule has 0 aromatic carbocycles. The molecule has 16 heavy (non-hydrogen) atoms. The Balaban J connectivity index is 2.76. The molecule has 0 aliphatic rings. The van der Waals surface area contributed by atoms with Crippen LogP contribution in [0.1, 0.15) is 32.6 Å². The van der Waals surface area contributed by atoms with Crippen molar-refractivity contribution in [3.63, 3.8) is 0 Å². The van der Waals surface area contributed by atoms with Crippen molar-refractivity contribution in [2.24, 2.45) is 0 Å². The SMILES string of the molecule is CCOC(OCC)C(O)c1ccnn1CC. The van der Waals surface area contributed by atoms with Crippen LogP contribution in [-0.4, -0.2) is 34.4 Å². The van der Waals surface area contributed by atoms with Gasteiger partial charge in [0.05, 0.1) is 5.69 Å². The van der Waals surface area contributed by atoms with Gasteiger partial charge in [0, 0.05) is 26.0 Å². The zero-order chi connectivity index (χ0) is 12.0. The van der Waals surface area contributed by atoms with E-state index in [0.29, 0.717) is 19.8 Å². The maximum atomic E-state index is 10.1. The molecule has 92 valence electrons. The largest absolute Gasteiger partial charge is 0.381 e. The molecule has 0 bridgehead atoms. The molecule has 0 amide bonds. The first-order valence-corrected chi connectivity index (χ1v) is 5.67. The number of hydrogen-bond donors (Lipinski definition) is 1. The standard InChI is InChI=1S/C11H20N2O3/c1-4-13-9(7-8-12-13)10(14)11(15-5-2)16-6-3/h7-8,10-11,14H,4-6H2,1-3H3. The van der Waals surface area contributed by atoms with E-state index in [4.69, 9.17) is 9.47 Å². The van der Waals surface area contributed by atoms with E-state index in [1.54, 1.807) is 16.9 Å². The molecule has 0 aliphatic carbocycles. The van der Waals surface area contributed by atoms with Crippen molar-refractivity contribution in [2.45, 2.75) is 39.7 Å². The zero-order valence-corrected chi connectivity index (χ0v) is 10.1. The summed E-state index contributed by atoms with van der Waals surface area (Å²) in [5.74, 6) is 0. The first-order chi connectivity index (χ1) is 7.74. The normalized spacial score (nSPS) is 13.3.